The predicted molar refractivity (Wildman–Crippen MR) is 131 cm³/mol. The van der Waals surface area contributed by atoms with Crippen molar-refractivity contribution in [3.05, 3.63) is 114 Å². The average Bonchev–Trinajstić information content (AvgIpc) is 3.14. The summed E-state index contributed by atoms with van der Waals surface area (Å²) in [4.78, 5) is 0. The van der Waals surface area contributed by atoms with Crippen molar-refractivity contribution in [1.82, 2.24) is 4.57 Å². The number of fused-ring (bicyclic) bond motifs is 5. The van der Waals surface area contributed by atoms with Crippen LogP contribution < -0.4 is 0 Å². The monoisotopic (exact) mass is 447 g/mol. The van der Waals surface area contributed by atoms with Gasteiger partial charge in [0.1, 0.15) is 0 Å². The zero-order valence-corrected chi connectivity index (χ0v) is 17.8. The minimum absolute atomic E-state index is 1.09. The second kappa shape index (κ2) is 6.86. The first-order valence-corrected chi connectivity index (χ1v) is 10.9. The maximum atomic E-state index is 3.53. The van der Waals surface area contributed by atoms with Crippen LogP contribution in [0.5, 0.6) is 0 Å². The van der Waals surface area contributed by atoms with Gasteiger partial charge in [-0.3, -0.25) is 0 Å². The van der Waals surface area contributed by atoms with Crippen LogP contribution in [0.4, 0.5) is 0 Å². The lowest BCUT2D eigenvalue weighted by Crippen LogP contribution is -1.94. The molecule has 6 rings (SSSR count). The first-order chi connectivity index (χ1) is 14.8. The Morgan fingerprint density at radius 2 is 1.30 bits per heavy atom. The number of para-hydroxylation sites is 1. The van der Waals surface area contributed by atoms with Crippen molar-refractivity contribution < 1.29 is 0 Å². The molecule has 0 spiro atoms. The summed E-state index contributed by atoms with van der Waals surface area (Å²) in [6.45, 7) is 0. The van der Waals surface area contributed by atoms with E-state index in [4.69, 9.17) is 0 Å². The quantitative estimate of drug-likeness (QED) is 0.251. The van der Waals surface area contributed by atoms with E-state index in [-0.39, 0.29) is 0 Å². The van der Waals surface area contributed by atoms with Crippen molar-refractivity contribution in [3.8, 4) is 16.8 Å². The van der Waals surface area contributed by atoms with Gasteiger partial charge in [-0.1, -0.05) is 88.7 Å². The molecule has 2 heteroatoms. The van der Waals surface area contributed by atoms with Crippen molar-refractivity contribution >= 4 is 48.5 Å². The van der Waals surface area contributed by atoms with Crippen molar-refractivity contribution in [2.45, 2.75) is 0 Å². The van der Waals surface area contributed by atoms with E-state index in [9.17, 15) is 0 Å². The molecule has 0 aliphatic carbocycles. The number of benzene rings is 5. The van der Waals surface area contributed by atoms with E-state index >= 15 is 0 Å². The van der Waals surface area contributed by atoms with Crippen LogP contribution in [0.1, 0.15) is 0 Å². The zero-order chi connectivity index (χ0) is 20.1. The van der Waals surface area contributed by atoms with Gasteiger partial charge in [-0.25, -0.2) is 0 Å². The number of rotatable bonds is 2. The van der Waals surface area contributed by atoms with E-state index in [1.54, 1.807) is 0 Å². The second-order valence-corrected chi connectivity index (χ2v) is 8.51. The van der Waals surface area contributed by atoms with E-state index in [1.807, 2.05) is 0 Å². The van der Waals surface area contributed by atoms with Gasteiger partial charge < -0.3 is 4.57 Å². The van der Waals surface area contributed by atoms with E-state index in [0.717, 1.165) is 4.47 Å². The van der Waals surface area contributed by atoms with Crippen molar-refractivity contribution in [1.29, 1.82) is 0 Å². The average molecular weight is 448 g/mol. The van der Waals surface area contributed by atoms with Crippen molar-refractivity contribution in [3.63, 3.8) is 0 Å². The molecular weight excluding hydrogens is 430 g/mol. The third kappa shape index (κ3) is 2.68. The molecule has 142 valence electrons. The van der Waals surface area contributed by atoms with Crippen LogP contribution in [0.3, 0.4) is 0 Å². The van der Waals surface area contributed by atoms with Crippen LogP contribution in [0, 0.1) is 0 Å². The Labute approximate surface area is 183 Å². The molecule has 0 amide bonds. The highest BCUT2D eigenvalue weighted by Crippen LogP contribution is 2.37. The van der Waals surface area contributed by atoms with Crippen molar-refractivity contribution in [2.24, 2.45) is 0 Å². The van der Waals surface area contributed by atoms with Crippen LogP contribution in [-0.2, 0) is 0 Å². The van der Waals surface area contributed by atoms with Crippen LogP contribution in [0.2, 0.25) is 0 Å². The van der Waals surface area contributed by atoms with Gasteiger partial charge in [-0.15, -0.1) is 0 Å². The Morgan fingerprint density at radius 3 is 2.17 bits per heavy atom. The largest absolute Gasteiger partial charge is 0.309 e. The molecule has 0 saturated heterocycles. The molecule has 0 aliphatic rings. The Morgan fingerprint density at radius 1 is 0.533 bits per heavy atom. The Bertz CT molecular complexity index is 1540. The lowest BCUT2D eigenvalue weighted by molar-refractivity contribution is 1.18. The number of hydrogen-bond acceptors (Lipinski definition) is 0. The summed E-state index contributed by atoms with van der Waals surface area (Å²) in [6, 6.07) is 39.1. The molecule has 0 bridgehead atoms. The summed E-state index contributed by atoms with van der Waals surface area (Å²) in [5, 5.41) is 5.18. The first kappa shape index (κ1) is 17.5. The molecular formula is C28H18BrN. The number of halogens is 1. The standard InChI is InChI=1S/C28H18BrN/c29-22-15-12-19(13-16-22)21-7-5-8-23(18-21)30-26-11-4-3-10-25(26)28-24-9-2-1-6-20(24)14-17-27(28)30/h1-18H. The third-order valence-corrected chi connectivity index (χ3v) is 6.37. The van der Waals surface area contributed by atoms with Gasteiger partial charge in [0.05, 0.1) is 11.0 Å². The molecule has 6 aromatic rings. The summed E-state index contributed by atoms with van der Waals surface area (Å²) >= 11 is 3.53. The highest BCUT2D eigenvalue weighted by Gasteiger charge is 2.14. The van der Waals surface area contributed by atoms with Crippen LogP contribution in [-0.4, -0.2) is 4.57 Å². The highest BCUT2D eigenvalue weighted by molar-refractivity contribution is 9.10. The Kier molecular flexibility index (Phi) is 4.00. The molecule has 30 heavy (non-hydrogen) atoms. The minimum atomic E-state index is 1.09. The second-order valence-electron chi connectivity index (χ2n) is 7.59. The lowest BCUT2D eigenvalue weighted by Gasteiger charge is -2.11. The van der Waals surface area contributed by atoms with E-state index in [0.29, 0.717) is 0 Å². The highest BCUT2D eigenvalue weighted by atomic mass is 79.9. The van der Waals surface area contributed by atoms with Crippen LogP contribution in [0.15, 0.2) is 114 Å². The fourth-order valence-corrected chi connectivity index (χ4v) is 4.75. The molecule has 0 radical (unpaired) electrons. The molecule has 0 saturated carbocycles. The van der Waals surface area contributed by atoms with Gasteiger partial charge in [0.25, 0.3) is 0 Å². The summed E-state index contributed by atoms with van der Waals surface area (Å²) in [5.41, 5.74) is 6.08. The fraction of sp³-hybridized carbons (Fsp3) is 0. The summed E-state index contributed by atoms with van der Waals surface area (Å²) < 4.78 is 3.48. The topological polar surface area (TPSA) is 4.93 Å². The summed E-state index contributed by atoms with van der Waals surface area (Å²) in [7, 11) is 0. The van der Waals surface area contributed by atoms with E-state index in [2.05, 4.69) is 130 Å². The Balaban J connectivity index is 1.68. The normalized spacial score (nSPS) is 11.5. The van der Waals surface area contributed by atoms with E-state index in [1.165, 1.54) is 49.4 Å². The number of nitrogens with zero attached hydrogens (tertiary/aromatic N) is 1. The number of aromatic nitrogens is 1. The molecule has 1 nitrogen and oxygen atoms in total. The number of hydrogen-bond donors (Lipinski definition) is 0. The third-order valence-electron chi connectivity index (χ3n) is 5.84. The lowest BCUT2D eigenvalue weighted by atomic mass is 10.0. The first-order valence-electron chi connectivity index (χ1n) is 10.1. The summed E-state index contributed by atoms with van der Waals surface area (Å²) in [5.74, 6) is 0. The zero-order valence-electron chi connectivity index (χ0n) is 16.2. The van der Waals surface area contributed by atoms with Crippen molar-refractivity contribution in [2.75, 3.05) is 0 Å². The van der Waals surface area contributed by atoms with Gasteiger partial charge in [0, 0.05) is 20.9 Å². The molecule has 1 heterocycles. The van der Waals surface area contributed by atoms with Crippen LogP contribution >= 0.6 is 15.9 Å². The smallest absolute Gasteiger partial charge is 0.0547 e. The molecule has 1 aromatic heterocycles. The molecule has 0 aliphatic heterocycles. The van der Waals surface area contributed by atoms with Gasteiger partial charge in [-0.05, 0) is 58.3 Å². The fourth-order valence-electron chi connectivity index (χ4n) is 4.48. The van der Waals surface area contributed by atoms with Gasteiger partial charge in [0.2, 0.25) is 0 Å². The van der Waals surface area contributed by atoms with Crippen LogP contribution in [0.25, 0.3) is 49.4 Å². The maximum Gasteiger partial charge on any atom is 0.0547 e. The molecule has 0 N–H and O–H groups in total. The molecule has 0 unspecified atom stereocenters. The molecule has 0 fully saturated rings. The van der Waals surface area contributed by atoms with E-state index < -0.39 is 0 Å². The molecule has 0 atom stereocenters. The maximum absolute atomic E-state index is 3.53. The summed E-state index contributed by atoms with van der Waals surface area (Å²) in [6.07, 6.45) is 0. The predicted octanol–water partition coefficient (Wildman–Crippen LogP) is 8.37. The Hall–Kier alpha value is -3.36. The SMILES string of the molecule is Brc1ccc(-c2cccc(-n3c4ccccc4c4c5ccccc5ccc43)c2)cc1. The van der Waals surface area contributed by atoms with Gasteiger partial charge >= 0.3 is 0 Å². The van der Waals surface area contributed by atoms with Gasteiger partial charge in [-0.2, -0.15) is 0 Å². The molecule has 5 aromatic carbocycles. The van der Waals surface area contributed by atoms with Gasteiger partial charge in [0.15, 0.2) is 0 Å². The minimum Gasteiger partial charge on any atom is -0.309 e.